The van der Waals surface area contributed by atoms with Gasteiger partial charge in [-0.15, -0.1) is 0 Å². The molecular weight excluding hydrogens is 467 g/mol. The maximum absolute atomic E-state index is 15.1. The molecule has 3 aromatic rings. The maximum atomic E-state index is 15.1. The van der Waals surface area contributed by atoms with E-state index in [1.54, 1.807) is 24.7 Å². The number of halogens is 1. The van der Waals surface area contributed by atoms with Gasteiger partial charge < -0.3 is 15.4 Å². The second-order valence-corrected chi connectivity index (χ2v) is 11.3. The van der Waals surface area contributed by atoms with Crippen LogP contribution in [0.3, 0.4) is 0 Å². The van der Waals surface area contributed by atoms with Gasteiger partial charge in [0.05, 0.1) is 42.7 Å². The van der Waals surface area contributed by atoms with Crippen LogP contribution in [0.25, 0.3) is 10.9 Å². The number of carbonyl (C=O) groups is 1. The molecule has 7 heteroatoms. The van der Waals surface area contributed by atoms with Gasteiger partial charge in [-0.05, 0) is 85.8 Å². The smallest absolute Gasteiger partial charge is 0.169 e. The minimum atomic E-state index is -0.355. The lowest BCUT2D eigenvalue weighted by molar-refractivity contribution is 0.0463. The first kappa shape index (κ1) is 24.4. The number of rotatable bonds is 5. The van der Waals surface area contributed by atoms with E-state index in [0.29, 0.717) is 53.6 Å². The van der Waals surface area contributed by atoms with Crippen LogP contribution in [0.2, 0.25) is 0 Å². The summed E-state index contributed by atoms with van der Waals surface area (Å²) in [6.45, 7) is 3.62. The van der Waals surface area contributed by atoms with E-state index < -0.39 is 0 Å². The number of morpholine rings is 1. The highest BCUT2D eigenvalue weighted by Gasteiger charge is 2.35. The Morgan fingerprint density at radius 2 is 1.95 bits per heavy atom. The minimum absolute atomic E-state index is 0.0732. The van der Waals surface area contributed by atoms with Crippen LogP contribution in [0, 0.1) is 11.7 Å². The van der Waals surface area contributed by atoms with E-state index in [0.717, 1.165) is 48.9 Å². The molecule has 0 radical (unpaired) electrons. The number of piperidine rings is 1. The third kappa shape index (κ3) is 4.75. The topological polar surface area (TPSA) is 81.3 Å². The largest absolute Gasteiger partial charge is 0.377 e. The lowest BCUT2D eigenvalue weighted by Crippen LogP contribution is -2.55. The number of pyridine rings is 2. The van der Waals surface area contributed by atoms with E-state index in [9.17, 15) is 4.79 Å². The quantitative estimate of drug-likeness (QED) is 0.484. The molecule has 3 aliphatic rings. The molecule has 37 heavy (non-hydrogen) atoms. The number of hydrogen-bond donors (Lipinski definition) is 1. The Morgan fingerprint density at radius 3 is 2.73 bits per heavy atom. The normalized spacial score (nSPS) is 27.9. The average molecular weight is 503 g/mol. The van der Waals surface area contributed by atoms with Gasteiger partial charge in [-0.3, -0.25) is 14.8 Å². The van der Waals surface area contributed by atoms with Crippen molar-refractivity contribution in [3.63, 3.8) is 0 Å². The van der Waals surface area contributed by atoms with Crippen molar-refractivity contribution in [3.8, 4) is 0 Å². The lowest BCUT2D eigenvalue weighted by atomic mass is 9.75. The summed E-state index contributed by atoms with van der Waals surface area (Å²) in [7, 11) is 0. The number of Topliss-reactive ketones (excluding diaryl/α,β-unsaturated/α-hetero) is 1. The van der Waals surface area contributed by atoms with Gasteiger partial charge >= 0.3 is 0 Å². The van der Waals surface area contributed by atoms with E-state index in [1.807, 2.05) is 12.1 Å². The summed E-state index contributed by atoms with van der Waals surface area (Å²) in [6, 6.07) is 7.63. The molecule has 2 N–H and O–H groups in total. The molecule has 2 aromatic heterocycles. The lowest BCUT2D eigenvalue weighted by Gasteiger charge is -2.47. The van der Waals surface area contributed by atoms with Crippen molar-refractivity contribution in [2.45, 2.75) is 75.9 Å². The van der Waals surface area contributed by atoms with Gasteiger partial charge in [-0.1, -0.05) is 6.92 Å². The van der Waals surface area contributed by atoms with E-state index in [4.69, 9.17) is 10.5 Å². The SMILES string of the molecule is C[C@@H]1C[C@H](N)C[C@H](c2ccncc2CC(=O)c2ccc(F)c3cc(N4C5CCCC4COC5)cnc23)C1. The van der Waals surface area contributed by atoms with Crippen LogP contribution in [0.1, 0.15) is 72.9 Å². The molecule has 1 aromatic carbocycles. The third-order valence-corrected chi connectivity index (χ3v) is 8.57. The summed E-state index contributed by atoms with van der Waals surface area (Å²) in [4.78, 5) is 24.9. The van der Waals surface area contributed by atoms with Crippen LogP contribution in [0.15, 0.2) is 42.9 Å². The highest BCUT2D eigenvalue weighted by molar-refractivity contribution is 6.08. The number of ketones is 1. The number of hydrogen-bond acceptors (Lipinski definition) is 6. The fraction of sp³-hybridized carbons (Fsp3) is 0.500. The Morgan fingerprint density at radius 1 is 1.14 bits per heavy atom. The van der Waals surface area contributed by atoms with Crippen molar-refractivity contribution in [1.82, 2.24) is 9.97 Å². The molecule has 5 atom stereocenters. The van der Waals surface area contributed by atoms with Crippen LogP contribution in [-0.4, -0.2) is 47.1 Å². The molecule has 194 valence electrons. The van der Waals surface area contributed by atoms with E-state index in [1.165, 1.54) is 12.5 Å². The predicted molar refractivity (Wildman–Crippen MR) is 142 cm³/mol. The third-order valence-electron chi connectivity index (χ3n) is 8.57. The number of nitrogens with two attached hydrogens (primary N) is 1. The average Bonchev–Trinajstić information content (AvgIpc) is 2.88. The van der Waals surface area contributed by atoms with Crippen molar-refractivity contribution in [2.24, 2.45) is 11.7 Å². The predicted octanol–water partition coefficient (Wildman–Crippen LogP) is 5.18. The van der Waals surface area contributed by atoms with Crippen LogP contribution < -0.4 is 10.6 Å². The Balaban J connectivity index is 1.30. The molecule has 3 fully saturated rings. The number of fused-ring (bicyclic) bond motifs is 3. The standard InChI is InChI=1S/C30H35FN4O2/c1-18-9-19(11-21(32)10-18)25-7-8-33-14-20(25)12-29(36)26-5-6-28(31)27-13-24(15-34-30(26)27)35-22-3-2-4-23(35)17-37-16-22/h5-8,13-15,18-19,21-23H,2-4,9-12,16-17,32H2,1H3/t18-,19+,21-,22?,23?/m0/s1. The summed E-state index contributed by atoms with van der Waals surface area (Å²) in [6.07, 6.45) is 11.9. The monoisotopic (exact) mass is 502 g/mol. The van der Waals surface area contributed by atoms with Gasteiger partial charge in [0, 0.05) is 35.8 Å². The molecule has 2 unspecified atom stereocenters. The number of anilines is 1. The van der Waals surface area contributed by atoms with Crippen molar-refractivity contribution in [1.29, 1.82) is 0 Å². The highest BCUT2D eigenvalue weighted by Crippen LogP contribution is 2.38. The van der Waals surface area contributed by atoms with Gasteiger partial charge in [0.2, 0.25) is 0 Å². The second kappa shape index (κ2) is 10.1. The molecule has 2 aliphatic heterocycles. The zero-order chi connectivity index (χ0) is 25.5. The number of nitrogens with zero attached hydrogens (tertiary/aromatic N) is 3. The van der Waals surface area contributed by atoms with E-state index in [2.05, 4.69) is 21.8 Å². The van der Waals surface area contributed by atoms with Gasteiger partial charge in [0.1, 0.15) is 5.82 Å². The maximum Gasteiger partial charge on any atom is 0.169 e. The van der Waals surface area contributed by atoms with Gasteiger partial charge in [0.15, 0.2) is 5.78 Å². The Bertz CT molecular complexity index is 1280. The number of benzene rings is 1. The number of carbonyl (C=O) groups excluding carboxylic acids is 1. The fourth-order valence-electron chi connectivity index (χ4n) is 6.96. The second-order valence-electron chi connectivity index (χ2n) is 11.3. The first-order valence-electron chi connectivity index (χ1n) is 13.6. The Hall–Kier alpha value is -2.90. The van der Waals surface area contributed by atoms with Crippen LogP contribution >= 0.6 is 0 Å². The molecule has 2 bridgehead atoms. The van der Waals surface area contributed by atoms with Crippen LogP contribution in [0.4, 0.5) is 10.1 Å². The molecule has 1 saturated carbocycles. The summed E-state index contributed by atoms with van der Waals surface area (Å²) >= 11 is 0. The fourth-order valence-corrected chi connectivity index (χ4v) is 6.96. The first-order valence-corrected chi connectivity index (χ1v) is 13.6. The van der Waals surface area contributed by atoms with Crippen molar-refractivity contribution in [3.05, 3.63) is 65.4 Å². The summed E-state index contributed by atoms with van der Waals surface area (Å²) in [5.41, 5.74) is 10.2. The highest BCUT2D eigenvalue weighted by atomic mass is 19.1. The van der Waals surface area contributed by atoms with E-state index in [-0.39, 0.29) is 24.1 Å². The first-order chi connectivity index (χ1) is 18.0. The van der Waals surface area contributed by atoms with Gasteiger partial charge in [-0.2, -0.15) is 0 Å². The Kier molecular flexibility index (Phi) is 6.67. The Labute approximate surface area is 217 Å². The molecule has 6 nitrogen and oxygen atoms in total. The summed E-state index contributed by atoms with van der Waals surface area (Å²) < 4.78 is 20.8. The molecule has 4 heterocycles. The van der Waals surface area contributed by atoms with Crippen LogP contribution in [-0.2, 0) is 11.2 Å². The van der Waals surface area contributed by atoms with Crippen LogP contribution in [0.5, 0.6) is 0 Å². The van der Waals surface area contributed by atoms with Crippen molar-refractivity contribution < 1.29 is 13.9 Å². The van der Waals surface area contributed by atoms with Crippen molar-refractivity contribution in [2.75, 3.05) is 18.1 Å². The minimum Gasteiger partial charge on any atom is -0.377 e. The van der Waals surface area contributed by atoms with Gasteiger partial charge in [-0.25, -0.2) is 4.39 Å². The van der Waals surface area contributed by atoms with Crippen molar-refractivity contribution >= 4 is 22.4 Å². The summed E-state index contributed by atoms with van der Waals surface area (Å²) in [5, 5.41) is 0.395. The van der Waals surface area contributed by atoms with E-state index >= 15 is 4.39 Å². The molecule has 6 rings (SSSR count). The molecule has 2 saturated heterocycles. The summed E-state index contributed by atoms with van der Waals surface area (Å²) in [5.74, 6) is 0.446. The molecule has 0 amide bonds. The number of ether oxygens (including phenoxy) is 1. The molecule has 0 spiro atoms. The number of aromatic nitrogens is 2. The molecule has 1 aliphatic carbocycles. The molecular formula is C30H35FN4O2. The zero-order valence-electron chi connectivity index (χ0n) is 21.4. The zero-order valence-corrected chi connectivity index (χ0v) is 21.4. The van der Waals surface area contributed by atoms with Gasteiger partial charge in [0.25, 0.3) is 0 Å².